The van der Waals surface area contributed by atoms with Gasteiger partial charge in [-0.15, -0.1) is 0 Å². The van der Waals surface area contributed by atoms with Crippen molar-refractivity contribution in [1.29, 1.82) is 0 Å². The van der Waals surface area contributed by atoms with Gasteiger partial charge in [-0.1, -0.05) is 34.1 Å². The molecule has 0 aliphatic heterocycles. The summed E-state index contributed by atoms with van der Waals surface area (Å²) in [6, 6.07) is 13.2. The highest BCUT2D eigenvalue weighted by Gasteiger charge is 2.43. The molecule has 0 amide bonds. The maximum absolute atomic E-state index is 12.3. The predicted molar refractivity (Wildman–Crippen MR) is 96.4 cm³/mol. The summed E-state index contributed by atoms with van der Waals surface area (Å²) in [4.78, 5) is 0. The summed E-state index contributed by atoms with van der Waals surface area (Å²) in [5.74, 6) is 0.379. The van der Waals surface area contributed by atoms with Crippen LogP contribution in [0.25, 0.3) is 0 Å². The van der Waals surface area contributed by atoms with Crippen LogP contribution in [-0.4, -0.2) is 19.9 Å². The molecule has 0 radical (unpaired) electrons. The van der Waals surface area contributed by atoms with E-state index >= 15 is 0 Å². The average Bonchev–Trinajstić information content (AvgIpc) is 3.39. The number of alkyl halides is 3. The Morgan fingerprint density at radius 3 is 2.35 bits per heavy atom. The predicted octanol–water partition coefficient (Wildman–Crippen LogP) is 5.18. The standard InChI is InChI=1S/C19H19BrF3NO2/c1-25-17-10-13(2-7-16(17)26-12-19(21,22)23)11-24-18(8-9-18)14-3-5-15(20)6-4-14/h2-7,10,24H,8-9,11-12H2,1H3. The minimum Gasteiger partial charge on any atom is -0.493 e. The Morgan fingerprint density at radius 1 is 1.08 bits per heavy atom. The molecule has 1 saturated carbocycles. The van der Waals surface area contributed by atoms with Crippen LogP contribution in [0.15, 0.2) is 46.9 Å². The van der Waals surface area contributed by atoms with Crippen molar-refractivity contribution >= 4 is 15.9 Å². The normalized spacial score (nSPS) is 15.6. The lowest BCUT2D eigenvalue weighted by Crippen LogP contribution is -2.28. The Morgan fingerprint density at radius 2 is 1.77 bits per heavy atom. The van der Waals surface area contributed by atoms with E-state index in [4.69, 9.17) is 9.47 Å². The van der Waals surface area contributed by atoms with Gasteiger partial charge in [-0.25, -0.2) is 0 Å². The number of hydrogen-bond donors (Lipinski definition) is 1. The fourth-order valence-corrected chi connectivity index (χ4v) is 3.10. The van der Waals surface area contributed by atoms with Crippen molar-refractivity contribution in [1.82, 2.24) is 5.32 Å². The molecule has 0 bridgehead atoms. The Hall–Kier alpha value is -1.73. The van der Waals surface area contributed by atoms with E-state index in [1.165, 1.54) is 18.7 Å². The molecule has 2 aromatic rings. The number of methoxy groups -OCH3 is 1. The lowest BCUT2D eigenvalue weighted by atomic mass is 10.0. The van der Waals surface area contributed by atoms with Crippen LogP contribution in [0, 0.1) is 0 Å². The zero-order chi connectivity index (χ0) is 18.8. The van der Waals surface area contributed by atoms with Gasteiger partial charge < -0.3 is 14.8 Å². The Bertz CT molecular complexity index is 758. The number of benzene rings is 2. The molecule has 0 aromatic heterocycles. The molecule has 7 heteroatoms. The van der Waals surface area contributed by atoms with E-state index in [0.29, 0.717) is 12.3 Å². The van der Waals surface area contributed by atoms with Gasteiger partial charge in [-0.2, -0.15) is 13.2 Å². The molecule has 1 fully saturated rings. The molecule has 26 heavy (non-hydrogen) atoms. The quantitative estimate of drug-likeness (QED) is 0.657. The van der Waals surface area contributed by atoms with E-state index in [-0.39, 0.29) is 11.3 Å². The molecular formula is C19H19BrF3NO2. The van der Waals surface area contributed by atoms with Gasteiger partial charge in [0.25, 0.3) is 0 Å². The van der Waals surface area contributed by atoms with Crippen LogP contribution >= 0.6 is 15.9 Å². The summed E-state index contributed by atoms with van der Waals surface area (Å²) in [5.41, 5.74) is 2.13. The van der Waals surface area contributed by atoms with Gasteiger partial charge >= 0.3 is 6.18 Å². The fourth-order valence-electron chi connectivity index (χ4n) is 2.83. The van der Waals surface area contributed by atoms with Gasteiger partial charge in [0.1, 0.15) is 0 Å². The third kappa shape index (κ3) is 4.71. The van der Waals surface area contributed by atoms with E-state index < -0.39 is 12.8 Å². The summed E-state index contributed by atoms with van der Waals surface area (Å²) in [6.45, 7) is -0.750. The van der Waals surface area contributed by atoms with Crippen molar-refractivity contribution in [3.05, 3.63) is 58.1 Å². The Kier molecular flexibility index (Phi) is 5.48. The first-order valence-electron chi connectivity index (χ1n) is 8.19. The van der Waals surface area contributed by atoms with E-state index in [0.717, 1.165) is 22.9 Å². The van der Waals surface area contributed by atoms with Gasteiger partial charge in [0, 0.05) is 16.6 Å². The molecule has 1 N–H and O–H groups in total. The first-order chi connectivity index (χ1) is 12.3. The number of rotatable bonds is 7. The van der Waals surface area contributed by atoms with E-state index in [9.17, 15) is 13.2 Å². The lowest BCUT2D eigenvalue weighted by Gasteiger charge is -2.19. The zero-order valence-corrected chi connectivity index (χ0v) is 15.8. The van der Waals surface area contributed by atoms with Crippen LogP contribution in [0.3, 0.4) is 0 Å². The highest BCUT2D eigenvalue weighted by molar-refractivity contribution is 9.10. The molecule has 1 aliphatic rings. The first-order valence-corrected chi connectivity index (χ1v) is 8.98. The SMILES string of the molecule is COc1cc(CNC2(c3ccc(Br)cc3)CC2)ccc1OCC(F)(F)F. The maximum atomic E-state index is 12.3. The summed E-state index contributed by atoms with van der Waals surface area (Å²) in [7, 11) is 1.41. The second-order valence-electron chi connectivity index (χ2n) is 6.33. The average molecular weight is 430 g/mol. The molecule has 0 spiro atoms. The van der Waals surface area contributed by atoms with E-state index in [2.05, 4.69) is 33.4 Å². The summed E-state index contributed by atoms with van der Waals surface area (Å²) >= 11 is 3.44. The van der Waals surface area contributed by atoms with Gasteiger partial charge in [0.15, 0.2) is 18.1 Å². The number of halogens is 4. The van der Waals surface area contributed by atoms with Crippen LogP contribution in [0.2, 0.25) is 0 Å². The van der Waals surface area contributed by atoms with Crippen LogP contribution in [0.1, 0.15) is 24.0 Å². The van der Waals surface area contributed by atoms with Gasteiger partial charge in [0.2, 0.25) is 0 Å². The molecule has 1 aliphatic carbocycles. The molecule has 3 nitrogen and oxygen atoms in total. The Balaban J connectivity index is 1.66. The lowest BCUT2D eigenvalue weighted by molar-refractivity contribution is -0.153. The van der Waals surface area contributed by atoms with Crippen molar-refractivity contribution in [2.24, 2.45) is 0 Å². The second kappa shape index (κ2) is 7.48. The van der Waals surface area contributed by atoms with Crippen LogP contribution < -0.4 is 14.8 Å². The second-order valence-corrected chi connectivity index (χ2v) is 7.25. The van der Waals surface area contributed by atoms with Crippen molar-refractivity contribution in [3.63, 3.8) is 0 Å². The molecule has 2 aromatic carbocycles. The molecule has 0 atom stereocenters. The van der Waals surface area contributed by atoms with Crippen LogP contribution in [-0.2, 0) is 12.1 Å². The third-order valence-corrected chi connectivity index (χ3v) is 4.93. The monoisotopic (exact) mass is 429 g/mol. The highest BCUT2D eigenvalue weighted by Crippen LogP contribution is 2.46. The smallest absolute Gasteiger partial charge is 0.422 e. The minimum absolute atomic E-state index is 0.0284. The van der Waals surface area contributed by atoms with Crippen molar-refractivity contribution in [2.45, 2.75) is 31.1 Å². The fraction of sp³-hybridized carbons (Fsp3) is 0.368. The van der Waals surface area contributed by atoms with Gasteiger partial charge in [-0.05, 0) is 48.2 Å². The Labute approximate surface area is 158 Å². The molecule has 0 heterocycles. The highest BCUT2D eigenvalue weighted by atomic mass is 79.9. The van der Waals surface area contributed by atoms with Crippen LogP contribution in [0.4, 0.5) is 13.2 Å². The number of ether oxygens (including phenoxy) is 2. The number of hydrogen-bond acceptors (Lipinski definition) is 3. The van der Waals surface area contributed by atoms with E-state index in [1.54, 1.807) is 12.1 Å². The molecule has 0 unspecified atom stereocenters. The minimum atomic E-state index is -4.38. The largest absolute Gasteiger partial charge is 0.493 e. The summed E-state index contributed by atoms with van der Waals surface area (Å²) < 4.78 is 48.0. The maximum Gasteiger partial charge on any atom is 0.422 e. The van der Waals surface area contributed by atoms with Crippen molar-refractivity contribution in [2.75, 3.05) is 13.7 Å². The topological polar surface area (TPSA) is 30.5 Å². The summed E-state index contributed by atoms with van der Waals surface area (Å²) in [5, 5.41) is 3.56. The van der Waals surface area contributed by atoms with Crippen molar-refractivity contribution in [3.8, 4) is 11.5 Å². The van der Waals surface area contributed by atoms with Gasteiger partial charge in [-0.3, -0.25) is 0 Å². The first kappa shape index (κ1) is 19.0. The molecular weight excluding hydrogens is 411 g/mol. The van der Waals surface area contributed by atoms with Crippen molar-refractivity contribution < 1.29 is 22.6 Å². The van der Waals surface area contributed by atoms with Crippen LogP contribution in [0.5, 0.6) is 11.5 Å². The number of nitrogens with one attached hydrogen (secondary N) is 1. The molecule has 3 rings (SSSR count). The summed E-state index contributed by atoms with van der Waals surface area (Å²) in [6.07, 6.45) is -2.27. The molecule has 140 valence electrons. The van der Waals surface area contributed by atoms with Gasteiger partial charge in [0.05, 0.1) is 7.11 Å². The molecule has 0 saturated heterocycles. The van der Waals surface area contributed by atoms with E-state index in [1.807, 2.05) is 12.1 Å². The zero-order valence-electron chi connectivity index (χ0n) is 14.2. The third-order valence-electron chi connectivity index (χ3n) is 4.40.